The Kier molecular flexibility index (Phi) is 13.8. The lowest BCUT2D eigenvalue weighted by Crippen LogP contribution is -2.17. The highest BCUT2D eigenvalue weighted by molar-refractivity contribution is 7.92. The molecule has 0 amide bonds. The molecule has 0 aromatic carbocycles. The Morgan fingerprint density at radius 2 is 1.52 bits per heavy atom. The molecular weight excluding hydrogens is 383 g/mol. The van der Waals surface area contributed by atoms with Gasteiger partial charge in [-0.05, 0) is 77.7 Å². The van der Waals surface area contributed by atoms with E-state index in [2.05, 4.69) is 45.9 Å². The van der Waals surface area contributed by atoms with Gasteiger partial charge >= 0.3 is 23.1 Å². The van der Waals surface area contributed by atoms with Gasteiger partial charge in [0, 0.05) is 6.42 Å². The number of hydrogen-bond donors (Lipinski definition) is 1. The van der Waals surface area contributed by atoms with Crippen LogP contribution in [0.2, 0.25) is 0 Å². The zero-order valence-corrected chi connectivity index (χ0v) is 19.1. The van der Waals surface area contributed by atoms with Crippen molar-refractivity contribution in [3.63, 3.8) is 0 Å². The first-order chi connectivity index (χ1) is 12.6. The van der Waals surface area contributed by atoms with Crippen molar-refractivity contribution >= 4 is 18.1 Å². The summed E-state index contributed by atoms with van der Waals surface area (Å²) in [5.74, 6) is 0. The van der Waals surface area contributed by atoms with Crippen LogP contribution in [-0.2, 0) is 19.2 Å². The molecule has 0 rings (SSSR count). The third-order valence-corrected chi connectivity index (χ3v) is 7.59. The van der Waals surface area contributed by atoms with Crippen LogP contribution in [0.5, 0.6) is 0 Å². The predicted octanol–water partition coefficient (Wildman–Crippen LogP) is 6.57. The van der Waals surface area contributed by atoms with Crippen LogP contribution in [0.1, 0.15) is 79.6 Å². The van der Waals surface area contributed by atoms with Crippen LogP contribution in [-0.4, -0.2) is 24.6 Å². The fourth-order valence-electron chi connectivity index (χ4n) is 2.55. The number of rotatable bonds is 14. The van der Waals surface area contributed by atoms with Crippen LogP contribution in [0.4, 0.5) is 0 Å². The van der Waals surface area contributed by atoms with Crippen LogP contribution < -0.4 is 0 Å². The average molecular weight is 420 g/mol. The SMILES string of the molecule is CCO[P+](=O)C(CCCC=C(C)CCC=C(C)CCC=C(C)C)S(=O)(=O)O. The van der Waals surface area contributed by atoms with Gasteiger partial charge in [-0.15, -0.1) is 4.52 Å². The summed E-state index contributed by atoms with van der Waals surface area (Å²) in [4.78, 5) is -1.34. The summed E-state index contributed by atoms with van der Waals surface area (Å²) in [7, 11) is -6.78. The Bertz CT molecular complexity index is 643. The molecule has 0 fully saturated rings. The maximum Gasteiger partial charge on any atom is 0.530 e. The first-order valence-electron chi connectivity index (χ1n) is 9.58. The molecule has 2 atom stereocenters. The molecule has 0 aliphatic carbocycles. The topological polar surface area (TPSA) is 80.7 Å². The van der Waals surface area contributed by atoms with E-state index in [1.54, 1.807) is 6.92 Å². The molecule has 0 aliphatic rings. The van der Waals surface area contributed by atoms with Crippen molar-refractivity contribution in [2.24, 2.45) is 0 Å². The summed E-state index contributed by atoms with van der Waals surface area (Å²) < 4.78 is 48.6. The summed E-state index contributed by atoms with van der Waals surface area (Å²) >= 11 is 0. The van der Waals surface area contributed by atoms with E-state index in [1.807, 2.05) is 0 Å². The average Bonchev–Trinajstić information content (AvgIpc) is 2.53. The maximum atomic E-state index is 11.8. The molecule has 0 heterocycles. The number of hydrogen-bond acceptors (Lipinski definition) is 4. The highest BCUT2D eigenvalue weighted by Gasteiger charge is 2.42. The fourth-order valence-corrected chi connectivity index (χ4v) is 4.88. The minimum absolute atomic E-state index is 0.126. The highest BCUT2D eigenvalue weighted by Crippen LogP contribution is 2.36. The zero-order chi connectivity index (χ0) is 20.9. The molecule has 0 spiro atoms. The molecule has 0 bridgehead atoms. The summed E-state index contributed by atoms with van der Waals surface area (Å²) in [5, 5.41) is 0. The molecule has 0 radical (unpaired) electrons. The minimum atomic E-state index is -4.37. The van der Waals surface area contributed by atoms with Gasteiger partial charge in [0.2, 0.25) is 0 Å². The van der Waals surface area contributed by atoms with Gasteiger partial charge in [0.05, 0.1) is 6.61 Å². The quantitative estimate of drug-likeness (QED) is 0.149. The van der Waals surface area contributed by atoms with E-state index in [4.69, 9.17) is 4.52 Å². The van der Waals surface area contributed by atoms with Gasteiger partial charge in [0.25, 0.3) is 0 Å². The van der Waals surface area contributed by atoms with Gasteiger partial charge in [-0.1, -0.05) is 34.9 Å². The largest absolute Gasteiger partial charge is 0.530 e. The van der Waals surface area contributed by atoms with Crippen molar-refractivity contribution in [1.29, 1.82) is 0 Å². The Morgan fingerprint density at radius 3 is 2.00 bits per heavy atom. The second-order valence-corrected chi connectivity index (χ2v) is 10.5. The molecule has 7 heteroatoms. The second-order valence-electron chi connectivity index (χ2n) is 7.06. The summed E-state index contributed by atoms with van der Waals surface area (Å²) in [6.07, 6.45) is 12.1. The van der Waals surface area contributed by atoms with Crippen molar-refractivity contribution in [1.82, 2.24) is 0 Å². The number of allylic oxidation sites excluding steroid dienone is 6. The van der Waals surface area contributed by atoms with Gasteiger partial charge in [0.15, 0.2) is 0 Å². The molecule has 1 N–H and O–H groups in total. The lowest BCUT2D eigenvalue weighted by atomic mass is 10.1. The first-order valence-corrected chi connectivity index (χ1v) is 12.3. The van der Waals surface area contributed by atoms with Crippen LogP contribution in [0.15, 0.2) is 34.9 Å². The van der Waals surface area contributed by atoms with E-state index in [-0.39, 0.29) is 13.0 Å². The Balaban J connectivity index is 4.31. The van der Waals surface area contributed by atoms with E-state index in [0.717, 1.165) is 25.7 Å². The third kappa shape index (κ3) is 13.9. The second kappa shape index (κ2) is 14.2. The monoisotopic (exact) mass is 419 g/mol. The molecule has 5 nitrogen and oxygen atoms in total. The van der Waals surface area contributed by atoms with Crippen LogP contribution in [0, 0.1) is 0 Å². The van der Waals surface area contributed by atoms with Crippen LogP contribution in [0.25, 0.3) is 0 Å². The summed E-state index contributed by atoms with van der Waals surface area (Å²) in [6, 6.07) is 0. The van der Waals surface area contributed by atoms with E-state index in [0.29, 0.717) is 12.8 Å². The molecule has 0 saturated carbocycles. The molecule has 0 aromatic heterocycles. The zero-order valence-electron chi connectivity index (χ0n) is 17.4. The standard InChI is InChI=1S/C20H35O5PS/c1-6-25-26(21)20(27(22,23)24)16-8-7-12-18(4)14-10-15-19(5)13-9-11-17(2)3/h11-12,15,20H,6-10,13-14,16H2,1-5H3/p+1. The summed E-state index contributed by atoms with van der Waals surface area (Å²) in [5.41, 5.74) is 4.00. The minimum Gasteiger partial charge on any atom is -0.282 e. The smallest absolute Gasteiger partial charge is 0.282 e. The van der Waals surface area contributed by atoms with E-state index in [9.17, 15) is 17.5 Å². The van der Waals surface area contributed by atoms with Gasteiger partial charge in [0.1, 0.15) is 0 Å². The lowest BCUT2D eigenvalue weighted by Gasteiger charge is -2.04. The van der Waals surface area contributed by atoms with Crippen molar-refractivity contribution in [2.75, 3.05) is 6.61 Å². The molecule has 0 aliphatic heterocycles. The normalized spacial score (nSPS) is 14.8. The molecule has 2 unspecified atom stereocenters. The highest BCUT2D eigenvalue weighted by atomic mass is 32.2. The molecule has 0 aromatic rings. The van der Waals surface area contributed by atoms with E-state index < -0.39 is 23.1 Å². The Hall–Kier alpha value is -0.810. The number of unbranched alkanes of at least 4 members (excludes halogenated alkanes) is 1. The Morgan fingerprint density at radius 1 is 1.00 bits per heavy atom. The van der Waals surface area contributed by atoms with Gasteiger partial charge in [-0.25, -0.2) is 0 Å². The van der Waals surface area contributed by atoms with Gasteiger partial charge in [-0.3, -0.25) is 4.55 Å². The molecule has 27 heavy (non-hydrogen) atoms. The Labute approximate surface area is 166 Å². The predicted molar refractivity (Wildman–Crippen MR) is 114 cm³/mol. The van der Waals surface area contributed by atoms with E-state index >= 15 is 0 Å². The van der Waals surface area contributed by atoms with Crippen molar-refractivity contribution in [3.8, 4) is 0 Å². The fraction of sp³-hybridized carbons (Fsp3) is 0.700. The molecular formula is C20H36O5PS+. The molecule has 0 saturated heterocycles. The van der Waals surface area contributed by atoms with Crippen LogP contribution in [0.3, 0.4) is 0 Å². The van der Waals surface area contributed by atoms with E-state index in [1.165, 1.54) is 16.7 Å². The summed E-state index contributed by atoms with van der Waals surface area (Å²) in [6.45, 7) is 10.2. The molecule has 156 valence electrons. The van der Waals surface area contributed by atoms with Crippen molar-refractivity contribution in [2.45, 2.75) is 84.6 Å². The van der Waals surface area contributed by atoms with Crippen LogP contribution >= 0.6 is 8.03 Å². The third-order valence-electron chi connectivity index (χ3n) is 4.11. The lowest BCUT2D eigenvalue weighted by molar-refractivity contribution is 0.345. The van der Waals surface area contributed by atoms with Gasteiger partial charge in [-0.2, -0.15) is 8.42 Å². The van der Waals surface area contributed by atoms with Gasteiger partial charge < -0.3 is 0 Å². The van der Waals surface area contributed by atoms with Crippen molar-refractivity contribution < 1.29 is 22.1 Å². The maximum absolute atomic E-state index is 11.8. The van der Waals surface area contributed by atoms with Crippen molar-refractivity contribution in [3.05, 3.63) is 34.9 Å². The first kappa shape index (κ1) is 26.2.